The number of nitrogens with one attached hydrogen (secondary N) is 1. The number of hydrogen-bond donors (Lipinski definition) is 2. The summed E-state index contributed by atoms with van der Waals surface area (Å²) < 4.78 is 38.6. The lowest BCUT2D eigenvalue weighted by molar-refractivity contribution is -0.137. The van der Waals surface area contributed by atoms with E-state index < -0.39 is 29.6 Å². The average Bonchev–Trinajstić information content (AvgIpc) is 2.53. The summed E-state index contributed by atoms with van der Waals surface area (Å²) in [6.45, 7) is 0. The SMILES string of the molecule is NC(=O)[C@@H](Cc1cccc(I)c1)NC(=O)Cc1ccc(C(F)(F)F)cc1. The first-order valence-electron chi connectivity index (χ1n) is 7.64. The normalized spacial score (nSPS) is 12.5. The Labute approximate surface area is 162 Å². The van der Waals surface area contributed by atoms with Crippen molar-refractivity contribution in [3.05, 3.63) is 68.8 Å². The van der Waals surface area contributed by atoms with Crippen molar-refractivity contribution in [2.75, 3.05) is 0 Å². The molecule has 0 aliphatic carbocycles. The van der Waals surface area contributed by atoms with Gasteiger partial charge in [-0.15, -0.1) is 0 Å². The zero-order valence-corrected chi connectivity index (χ0v) is 15.7. The van der Waals surface area contributed by atoms with E-state index >= 15 is 0 Å². The average molecular weight is 476 g/mol. The molecule has 0 bridgehead atoms. The van der Waals surface area contributed by atoms with Gasteiger partial charge in [-0.3, -0.25) is 9.59 Å². The van der Waals surface area contributed by atoms with Crippen molar-refractivity contribution in [3.63, 3.8) is 0 Å². The summed E-state index contributed by atoms with van der Waals surface area (Å²) in [6.07, 6.45) is -4.33. The van der Waals surface area contributed by atoms with E-state index in [0.29, 0.717) is 5.56 Å². The van der Waals surface area contributed by atoms with Crippen molar-refractivity contribution >= 4 is 34.4 Å². The van der Waals surface area contributed by atoms with Crippen LogP contribution in [0.15, 0.2) is 48.5 Å². The maximum atomic E-state index is 12.5. The molecule has 138 valence electrons. The maximum Gasteiger partial charge on any atom is 0.416 e. The van der Waals surface area contributed by atoms with E-state index in [0.717, 1.165) is 21.3 Å². The number of alkyl halides is 3. The summed E-state index contributed by atoms with van der Waals surface area (Å²) in [7, 11) is 0. The quantitative estimate of drug-likeness (QED) is 0.630. The molecule has 0 aromatic heterocycles. The molecule has 2 aromatic rings. The van der Waals surface area contributed by atoms with E-state index in [1.165, 1.54) is 12.1 Å². The lowest BCUT2D eigenvalue weighted by Gasteiger charge is -2.16. The van der Waals surface area contributed by atoms with Gasteiger partial charge in [0.15, 0.2) is 0 Å². The molecule has 4 nitrogen and oxygen atoms in total. The summed E-state index contributed by atoms with van der Waals surface area (Å²) in [6, 6.07) is 10.8. The van der Waals surface area contributed by atoms with Crippen molar-refractivity contribution in [2.24, 2.45) is 5.73 Å². The second-order valence-electron chi connectivity index (χ2n) is 5.73. The lowest BCUT2D eigenvalue weighted by atomic mass is 10.0. The van der Waals surface area contributed by atoms with Gasteiger partial charge in [0.1, 0.15) is 6.04 Å². The second kappa shape index (κ2) is 8.52. The number of primary amides is 1. The zero-order chi connectivity index (χ0) is 19.3. The van der Waals surface area contributed by atoms with Crippen LogP contribution in [0.2, 0.25) is 0 Å². The Balaban J connectivity index is 2.00. The van der Waals surface area contributed by atoms with Gasteiger partial charge in [0.05, 0.1) is 12.0 Å². The first-order valence-corrected chi connectivity index (χ1v) is 8.72. The Kier molecular flexibility index (Phi) is 6.63. The maximum absolute atomic E-state index is 12.5. The molecule has 3 N–H and O–H groups in total. The highest BCUT2D eigenvalue weighted by Gasteiger charge is 2.30. The van der Waals surface area contributed by atoms with Crippen LogP contribution < -0.4 is 11.1 Å². The number of carbonyl (C=O) groups excluding carboxylic acids is 2. The molecule has 0 aliphatic rings. The van der Waals surface area contributed by atoms with E-state index in [2.05, 4.69) is 27.9 Å². The molecule has 0 unspecified atom stereocenters. The smallest absolute Gasteiger partial charge is 0.368 e. The number of carbonyl (C=O) groups is 2. The van der Waals surface area contributed by atoms with Crippen LogP contribution in [0.25, 0.3) is 0 Å². The highest BCUT2D eigenvalue weighted by atomic mass is 127. The van der Waals surface area contributed by atoms with Gasteiger partial charge in [-0.2, -0.15) is 13.2 Å². The van der Waals surface area contributed by atoms with Gasteiger partial charge in [-0.05, 0) is 58.0 Å². The van der Waals surface area contributed by atoms with Gasteiger partial charge in [0.25, 0.3) is 0 Å². The van der Waals surface area contributed by atoms with E-state index in [-0.39, 0.29) is 12.8 Å². The van der Waals surface area contributed by atoms with Gasteiger partial charge in [0, 0.05) is 9.99 Å². The summed E-state index contributed by atoms with van der Waals surface area (Å²) >= 11 is 2.13. The van der Waals surface area contributed by atoms with E-state index in [1.807, 2.05) is 24.3 Å². The molecule has 8 heteroatoms. The minimum Gasteiger partial charge on any atom is -0.368 e. The Bertz CT molecular complexity index is 792. The van der Waals surface area contributed by atoms with Gasteiger partial charge in [0.2, 0.25) is 11.8 Å². The Morgan fingerprint density at radius 3 is 2.27 bits per heavy atom. The number of nitrogens with two attached hydrogens (primary N) is 1. The molecule has 26 heavy (non-hydrogen) atoms. The van der Waals surface area contributed by atoms with E-state index in [1.54, 1.807) is 0 Å². The van der Waals surface area contributed by atoms with Crippen LogP contribution in [0.3, 0.4) is 0 Å². The van der Waals surface area contributed by atoms with Crippen LogP contribution in [0.5, 0.6) is 0 Å². The topological polar surface area (TPSA) is 72.2 Å². The van der Waals surface area contributed by atoms with Crippen molar-refractivity contribution in [1.82, 2.24) is 5.32 Å². The fourth-order valence-corrected chi connectivity index (χ4v) is 2.97. The predicted octanol–water partition coefficient (Wildman–Crippen LogP) is 3.07. The molecular weight excluding hydrogens is 460 g/mol. The van der Waals surface area contributed by atoms with Gasteiger partial charge in [-0.25, -0.2) is 0 Å². The van der Waals surface area contributed by atoms with E-state index in [4.69, 9.17) is 5.73 Å². The molecule has 2 rings (SSSR count). The Morgan fingerprint density at radius 1 is 1.08 bits per heavy atom. The second-order valence-corrected chi connectivity index (χ2v) is 6.97. The molecule has 0 aliphatic heterocycles. The molecule has 0 saturated carbocycles. The Hall–Kier alpha value is -2.10. The van der Waals surface area contributed by atoms with Gasteiger partial charge < -0.3 is 11.1 Å². The van der Waals surface area contributed by atoms with E-state index in [9.17, 15) is 22.8 Å². The fourth-order valence-electron chi connectivity index (χ4n) is 2.36. The number of rotatable bonds is 6. The monoisotopic (exact) mass is 476 g/mol. The summed E-state index contributed by atoms with van der Waals surface area (Å²) in [5.41, 5.74) is 5.82. The standard InChI is InChI=1S/C18H16F3IN2O2/c19-18(20,21)13-6-4-11(5-7-13)10-16(25)24-15(17(23)26)9-12-2-1-3-14(22)8-12/h1-8,15H,9-10H2,(H2,23,26)(H,24,25)/t15-/m1/s1. The van der Waals surface area contributed by atoms with Crippen molar-refractivity contribution in [2.45, 2.75) is 25.1 Å². The van der Waals surface area contributed by atoms with Crippen LogP contribution >= 0.6 is 22.6 Å². The van der Waals surface area contributed by atoms with Gasteiger partial charge >= 0.3 is 6.18 Å². The van der Waals surface area contributed by atoms with Crippen LogP contribution in [0.1, 0.15) is 16.7 Å². The number of benzene rings is 2. The Morgan fingerprint density at radius 2 is 1.73 bits per heavy atom. The summed E-state index contributed by atoms with van der Waals surface area (Å²) in [5.74, 6) is -1.16. The lowest BCUT2D eigenvalue weighted by Crippen LogP contribution is -2.46. The number of hydrogen-bond acceptors (Lipinski definition) is 2. The predicted molar refractivity (Wildman–Crippen MR) is 99.1 cm³/mol. The molecule has 0 saturated heterocycles. The molecule has 2 amide bonds. The van der Waals surface area contributed by atoms with Crippen LogP contribution in [0, 0.1) is 3.57 Å². The largest absolute Gasteiger partial charge is 0.416 e. The summed E-state index contributed by atoms with van der Waals surface area (Å²) in [5, 5.41) is 2.54. The molecule has 0 spiro atoms. The minimum atomic E-state index is -4.43. The van der Waals surface area contributed by atoms with Crippen LogP contribution in [-0.4, -0.2) is 17.9 Å². The number of amides is 2. The van der Waals surface area contributed by atoms with Gasteiger partial charge in [-0.1, -0.05) is 24.3 Å². The first-order chi connectivity index (χ1) is 12.1. The molecule has 1 atom stereocenters. The zero-order valence-electron chi connectivity index (χ0n) is 13.5. The number of halogens is 4. The van der Waals surface area contributed by atoms with Crippen LogP contribution in [-0.2, 0) is 28.6 Å². The molecule has 0 fully saturated rings. The highest BCUT2D eigenvalue weighted by Crippen LogP contribution is 2.29. The highest BCUT2D eigenvalue weighted by molar-refractivity contribution is 14.1. The third-order valence-electron chi connectivity index (χ3n) is 3.65. The van der Waals surface area contributed by atoms with Crippen molar-refractivity contribution in [3.8, 4) is 0 Å². The van der Waals surface area contributed by atoms with Crippen LogP contribution in [0.4, 0.5) is 13.2 Å². The first kappa shape index (κ1) is 20.2. The molecule has 0 heterocycles. The summed E-state index contributed by atoms with van der Waals surface area (Å²) in [4.78, 5) is 23.7. The molecular formula is C18H16F3IN2O2. The minimum absolute atomic E-state index is 0.145. The van der Waals surface area contributed by atoms with Crippen molar-refractivity contribution in [1.29, 1.82) is 0 Å². The van der Waals surface area contributed by atoms with Crippen molar-refractivity contribution < 1.29 is 22.8 Å². The third-order valence-corrected chi connectivity index (χ3v) is 4.32. The molecule has 2 aromatic carbocycles. The fraction of sp³-hybridized carbons (Fsp3) is 0.222. The third kappa shape index (κ3) is 6.01. The molecule has 0 radical (unpaired) electrons.